The summed E-state index contributed by atoms with van der Waals surface area (Å²) in [6.07, 6.45) is 2.24. The Morgan fingerprint density at radius 1 is 1.73 bits per heavy atom. The maximum atomic E-state index is 10.6. The van der Waals surface area contributed by atoms with E-state index in [-0.39, 0.29) is 5.92 Å². The van der Waals surface area contributed by atoms with Gasteiger partial charge in [0.15, 0.2) is 0 Å². The van der Waals surface area contributed by atoms with Crippen molar-refractivity contribution in [2.45, 2.75) is 31.0 Å². The smallest absolute Gasteiger partial charge is 0.307 e. The molecule has 0 spiro atoms. The van der Waals surface area contributed by atoms with Crippen LogP contribution < -0.4 is 0 Å². The molecule has 1 aliphatic rings. The van der Waals surface area contributed by atoms with Gasteiger partial charge in [-0.3, -0.25) is 4.79 Å². The molecule has 82 valence electrons. The number of hydrogen-bond donors (Lipinski definition) is 1. The van der Waals surface area contributed by atoms with Crippen molar-refractivity contribution in [3.8, 4) is 0 Å². The van der Waals surface area contributed by atoms with Gasteiger partial charge in [0, 0.05) is 5.75 Å². The Labute approximate surface area is 91.0 Å². The second-order valence-electron chi connectivity index (χ2n) is 3.69. The number of nitrogens with zero attached hydrogens (tertiary/aromatic N) is 4. The molecule has 1 aliphatic carbocycles. The minimum absolute atomic E-state index is 0.376. The summed E-state index contributed by atoms with van der Waals surface area (Å²) in [7, 11) is 0. The van der Waals surface area contributed by atoms with Gasteiger partial charge in [-0.05, 0) is 23.3 Å². The third-order valence-corrected chi connectivity index (χ3v) is 3.43. The molecule has 1 aromatic rings. The first-order chi connectivity index (χ1) is 7.18. The molecule has 1 N–H and O–H groups in total. The fraction of sp³-hybridized carbons (Fsp3) is 0.750. The standard InChI is InChI=1S/C8H12N4O2S/c1-5(7(13)14)4-15-8-9-10-11-12(8)6-2-3-6/h5-6H,2-4H2,1H3,(H,13,14). The van der Waals surface area contributed by atoms with Crippen LogP contribution in [0.25, 0.3) is 0 Å². The van der Waals surface area contributed by atoms with Crippen LogP contribution in [0.4, 0.5) is 0 Å². The Kier molecular flexibility index (Phi) is 2.90. The summed E-state index contributed by atoms with van der Waals surface area (Å²) < 4.78 is 1.79. The van der Waals surface area contributed by atoms with Gasteiger partial charge in [-0.15, -0.1) is 5.10 Å². The van der Waals surface area contributed by atoms with Crippen molar-refractivity contribution in [3.63, 3.8) is 0 Å². The van der Waals surface area contributed by atoms with Crippen molar-refractivity contribution in [2.24, 2.45) is 5.92 Å². The zero-order valence-electron chi connectivity index (χ0n) is 8.33. The highest BCUT2D eigenvalue weighted by atomic mass is 32.2. The molecule has 1 heterocycles. The number of carboxylic acid groups (broad SMARTS) is 1. The third-order valence-electron chi connectivity index (χ3n) is 2.24. The van der Waals surface area contributed by atoms with E-state index in [0.29, 0.717) is 11.8 Å². The van der Waals surface area contributed by atoms with Gasteiger partial charge in [0.2, 0.25) is 5.16 Å². The molecule has 0 aromatic carbocycles. The lowest BCUT2D eigenvalue weighted by atomic mass is 10.2. The number of aliphatic carboxylic acids is 1. The second kappa shape index (κ2) is 4.18. The molecule has 0 aliphatic heterocycles. The van der Waals surface area contributed by atoms with Crippen LogP contribution in [0, 0.1) is 5.92 Å². The van der Waals surface area contributed by atoms with Crippen LogP contribution in [0.15, 0.2) is 5.16 Å². The maximum Gasteiger partial charge on any atom is 0.307 e. The van der Waals surface area contributed by atoms with E-state index in [9.17, 15) is 4.79 Å². The van der Waals surface area contributed by atoms with Gasteiger partial charge < -0.3 is 5.11 Å². The quantitative estimate of drug-likeness (QED) is 0.751. The number of tetrazole rings is 1. The number of rotatable bonds is 5. The van der Waals surface area contributed by atoms with Crippen LogP contribution in [0.2, 0.25) is 0 Å². The van der Waals surface area contributed by atoms with Crippen molar-refractivity contribution in [1.29, 1.82) is 0 Å². The van der Waals surface area contributed by atoms with E-state index in [1.54, 1.807) is 11.6 Å². The number of carbonyl (C=O) groups is 1. The lowest BCUT2D eigenvalue weighted by Gasteiger charge is -2.05. The van der Waals surface area contributed by atoms with Crippen LogP contribution in [0.5, 0.6) is 0 Å². The fourth-order valence-corrected chi connectivity index (χ4v) is 2.05. The van der Waals surface area contributed by atoms with Crippen LogP contribution in [-0.4, -0.2) is 37.0 Å². The van der Waals surface area contributed by atoms with E-state index < -0.39 is 5.97 Å². The predicted molar refractivity (Wildman–Crippen MR) is 53.6 cm³/mol. The molecule has 1 saturated carbocycles. The molecule has 0 saturated heterocycles. The number of thioether (sulfide) groups is 1. The van der Waals surface area contributed by atoms with Crippen LogP contribution in [-0.2, 0) is 4.79 Å². The lowest BCUT2D eigenvalue weighted by molar-refractivity contribution is -0.140. The molecule has 0 amide bonds. The highest BCUT2D eigenvalue weighted by Crippen LogP contribution is 2.36. The Balaban J connectivity index is 1.92. The van der Waals surface area contributed by atoms with E-state index in [0.717, 1.165) is 18.0 Å². The molecule has 1 fully saturated rings. The summed E-state index contributed by atoms with van der Waals surface area (Å²) in [4.78, 5) is 10.6. The lowest BCUT2D eigenvalue weighted by Crippen LogP contribution is -2.12. The summed E-state index contributed by atoms with van der Waals surface area (Å²) in [5.74, 6) is -0.658. The average Bonchev–Trinajstić information content (AvgIpc) is 2.94. The minimum Gasteiger partial charge on any atom is -0.481 e. The number of aromatic nitrogens is 4. The molecule has 1 aromatic heterocycles. The molecule has 0 bridgehead atoms. The van der Waals surface area contributed by atoms with Crippen molar-refractivity contribution in [2.75, 3.05) is 5.75 Å². The second-order valence-corrected chi connectivity index (χ2v) is 4.67. The van der Waals surface area contributed by atoms with E-state index >= 15 is 0 Å². The van der Waals surface area contributed by atoms with E-state index in [1.807, 2.05) is 0 Å². The fourth-order valence-electron chi connectivity index (χ4n) is 1.10. The Morgan fingerprint density at radius 3 is 3.07 bits per heavy atom. The first-order valence-electron chi connectivity index (χ1n) is 4.82. The highest BCUT2D eigenvalue weighted by molar-refractivity contribution is 7.99. The Bertz CT molecular complexity index is 363. The van der Waals surface area contributed by atoms with E-state index in [4.69, 9.17) is 5.11 Å². The zero-order valence-corrected chi connectivity index (χ0v) is 9.15. The SMILES string of the molecule is CC(CSc1nnnn1C1CC1)C(=O)O. The van der Waals surface area contributed by atoms with Gasteiger partial charge in [-0.1, -0.05) is 18.7 Å². The number of hydrogen-bond acceptors (Lipinski definition) is 5. The molecular weight excluding hydrogens is 216 g/mol. The first-order valence-corrected chi connectivity index (χ1v) is 5.80. The van der Waals surface area contributed by atoms with Gasteiger partial charge >= 0.3 is 5.97 Å². The van der Waals surface area contributed by atoms with Crippen molar-refractivity contribution >= 4 is 17.7 Å². The van der Waals surface area contributed by atoms with Crippen molar-refractivity contribution in [3.05, 3.63) is 0 Å². The summed E-state index contributed by atoms with van der Waals surface area (Å²) in [5.41, 5.74) is 0. The van der Waals surface area contributed by atoms with Gasteiger partial charge in [0.05, 0.1) is 12.0 Å². The molecular formula is C8H12N4O2S. The van der Waals surface area contributed by atoms with Crippen molar-refractivity contribution < 1.29 is 9.90 Å². The first kappa shape index (κ1) is 10.4. The van der Waals surface area contributed by atoms with Gasteiger partial charge in [0.1, 0.15) is 0 Å². The molecule has 1 atom stereocenters. The summed E-state index contributed by atoms with van der Waals surface area (Å²) in [6, 6.07) is 0.433. The van der Waals surface area contributed by atoms with E-state index in [1.165, 1.54) is 11.8 Å². The van der Waals surface area contributed by atoms with Gasteiger partial charge in [-0.2, -0.15) is 0 Å². The van der Waals surface area contributed by atoms with Crippen LogP contribution in [0.3, 0.4) is 0 Å². The molecule has 1 unspecified atom stereocenters. The predicted octanol–water partition coefficient (Wildman–Crippen LogP) is 0.821. The Hall–Kier alpha value is -1.11. The zero-order chi connectivity index (χ0) is 10.8. The summed E-state index contributed by atoms with van der Waals surface area (Å²) in [5, 5.41) is 20.8. The van der Waals surface area contributed by atoms with Crippen LogP contribution >= 0.6 is 11.8 Å². The van der Waals surface area contributed by atoms with Gasteiger partial charge in [-0.25, -0.2) is 4.68 Å². The largest absolute Gasteiger partial charge is 0.481 e. The summed E-state index contributed by atoms with van der Waals surface area (Å²) >= 11 is 1.40. The number of carboxylic acids is 1. The molecule has 2 rings (SSSR count). The topological polar surface area (TPSA) is 80.9 Å². The van der Waals surface area contributed by atoms with Crippen molar-refractivity contribution in [1.82, 2.24) is 20.2 Å². The normalized spacial score (nSPS) is 17.7. The molecule has 15 heavy (non-hydrogen) atoms. The molecule has 6 nitrogen and oxygen atoms in total. The monoisotopic (exact) mass is 228 g/mol. The molecule has 0 radical (unpaired) electrons. The highest BCUT2D eigenvalue weighted by Gasteiger charge is 2.28. The van der Waals surface area contributed by atoms with E-state index in [2.05, 4.69) is 15.5 Å². The maximum absolute atomic E-state index is 10.6. The van der Waals surface area contributed by atoms with Crippen LogP contribution in [0.1, 0.15) is 25.8 Å². The average molecular weight is 228 g/mol. The minimum atomic E-state index is -0.784. The molecule has 7 heteroatoms. The van der Waals surface area contributed by atoms with Gasteiger partial charge in [0.25, 0.3) is 0 Å². The Morgan fingerprint density at radius 2 is 2.47 bits per heavy atom. The summed E-state index contributed by atoms with van der Waals surface area (Å²) in [6.45, 7) is 1.68. The third kappa shape index (κ3) is 2.47.